The van der Waals surface area contributed by atoms with Crippen molar-refractivity contribution < 1.29 is 9.72 Å². The van der Waals surface area contributed by atoms with Gasteiger partial charge >= 0.3 is 0 Å². The van der Waals surface area contributed by atoms with E-state index in [4.69, 9.17) is 11.6 Å². The monoisotopic (exact) mass is 386 g/mol. The van der Waals surface area contributed by atoms with Crippen LogP contribution in [-0.2, 0) is 17.9 Å². The summed E-state index contributed by atoms with van der Waals surface area (Å²) in [7, 11) is 0. The van der Waals surface area contributed by atoms with Crippen LogP contribution in [0, 0.1) is 10.1 Å². The van der Waals surface area contributed by atoms with Crippen molar-refractivity contribution in [2.24, 2.45) is 0 Å². The molecule has 0 fully saturated rings. The second-order valence-electron chi connectivity index (χ2n) is 5.82. The number of nitrogens with zero attached hydrogens (tertiary/aromatic N) is 3. The van der Waals surface area contributed by atoms with Gasteiger partial charge < -0.3 is 5.32 Å². The van der Waals surface area contributed by atoms with Gasteiger partial charge in [0.25, 0.3) is 11.2 Å². The number of fused-ring (bicyclic) bond motifs is 1. The molecule has 0 aliphatic carbocycles. The number of hydrogen-bond acceptors (Lipinski definition) is 5. The van der Waals surface area contributed by atoms with Crippen molar-refractivity contribution in [3.8, 4) is 0 Å². The fraction of sp³-hybridized carbons (Fsp3) is 0.167. The lowest BCUT2D eigenvalue weighted by Gasteiger charge is -2.08. The molecule has 0 saturated carbocycles. The summed E-state index contributed by atoms with van der Waals surface area (Å²) in [6, 6.07) is 11.1. The Bertz CT molecular complexity index is 1080. The molecule has 138 valence electrons. The predicted octanol–water partition coefficient (Wildman–Crippen LogP) is 2.66. The number of benzene rings is 2. The number of carbonyl (C=O) groups excluding carboxylic acids is 1. The average molecular weight is 387 g/mol. The SMILES string of the molecule is O=C(CCn1cnc2ccc([N+](=O)[O-])cc2c1=O)NCc1ccccc1Cl. The zero-order valence-electron chi connectivity index (χ0n) is 14.1. The molecular formula is C18H15ClN4O4. The topological polar surface area (TPSA) is 107 Å². The van der Waals surface area contributed by atoms with Crippen LogP contribution in [0.4, 0.5) is 5.69 Å². The van der Waals surface area contributed by atoms with E-state index in [1.807, 2.05) is 12.1 Å². The first-order chi connectivity index (χ1) is 13.0. The van der Waals surface area contributed by atoms with E-state index < -0.39 is 10.5 Å². The summed E-state index contributed by atoms with van der Waals surface area (Å²) < 4.78 is 1.27. The number of aryl methyl sites for hydroxylation is 1. The van der Waals surface area contributed by atoms with Crippen molar-refractivity contribution in [3.05, 3.63) is 79.8 Å². The van der Waals surface area contributed by atoms with Crippen LogP contribution in [0.2, 0.25) is 5.02 Å². The minimum Gasteiger partial charge on any atom is -0.352 e. The molecule has 0 spiro atoms. The lowest BCUT2D eigenvalue weighted by Crippen LogP contribution is -2.27. The summed E-state index contributed by atoms with van der Waals surface area (Å²) in [6.45, 7) is 0.397. The summed E-state index contributed by atoms with van der Waals surface area (Å²) >= 11 is 6.04. The molecule has 0 atom stereocenters. The molecule has 0 saturated heterocycles. The molecule has 8 nitrogen and oxygen atoms in total. The van der Waals surface area contributed by atoms with Gasteiger partial charge in [-0.3, -0.25) is 24.3 Å². The number of nitrogens with one attached hydrogen (secondary N) is 1. The number of rotatable bonds is 6. The molecule has 9 heteroatoms. The van der Waals surface area contributed by atoms with Crippen LogP contribution in [0.25, 0.3) is 10.9 Å². The second-order valence-corrected chi connectivity index (χ2v) is 6.23. The molecule has 1 aromatic heterocycles. The molecule has 1 heterocycles. The minimum atomic E-state index is -0.571. The van der Waals surface area contributed by atoms with Crippen LogP contribution in [-0.4, -0.2) is 20.4 Å². The highest BCUT2D eigenvalue weighted by molar-refractivity contribution is 6.31. The minimum absolute atomic E-state index is 0.0620. The average Bonchev–Trinajstić information content (AvgIpc) is 2.66. The van der Waals surface area contributed by atoms with E-state index in [9.17, 15) is 19.7 Å². The summed E-state index contributed by atoms with van der Waals surface area (Å²) in [4.78, 5) is 39.0. The van der Waals surface area contributed by atoms with Gasteiger partial charge in [-0.05, 0) is 17.7 Å². The molecule has 0 bridgehead atoms. The summed E-state index contributed by atoms with van der Waals surface area (Å²) in [6.07, 6.45) is 1.39. The Hall–Kier alpha value is -3.26. The highest BCUT2D eigenvalue weighted by Crippen LogP contribution is 2.16. The van der Waals surface area contributed by atoms with Crippen molar-refractivity contribution in [1.29, 1.82) is 0 Å². The fourth-order valence-electron chi connectivity index (χ4n) is 2.57. The van der Waals surface area contributed by atoms with Gasteiger partial charge in [0, 0.05) is 36.7 Å². The van der Waals surface area contributed by atoms with Crippen molar-refractivity contribution in [1.82, 2.24) is 14.9 Å². The van der Waals surface area contributed by atoms with Gasteiger partial charge in [-0.1, -0.05) is 29.8 Å². The van der Waals surface area contributed by atoms with Gasteiger partial charge in [0.15, 0.2) is 0 Å². The van der Waals surface area contributed by atoms with Crippen molar-refractivity contribution in [2.75, 3.05) is 0 Å². The molecule has 2 aromatic carbocycles. The van der Waals surface area contributed by atoms with E-state index in [2.05, 4.69) is 10.3 Å². The van der Waals surface area contributed by atoms with Crippen molar-refractivity contribution >= 4 is 34.1 Å². The van der Waals surface area contributed by atoms with Crippen molar-refractivity contribution in [3.63, 3.8) is 0 Å². The number of aromatic nitrogens is 2. The van der Waals surface area contributed by atoms with E-state index in [1.165, 1.54) is 29.1 Å². The third-order valence-electron chi connectivity index (χ3n) is 4.03. The molecule has 1 amide bonds. The van der Waals surface area contributed by atoms with Gasteiger partial charge in [-0.15, -0.1) is 0 Å². The molecule has 0 aliphatic rings. The number of hydrogen-bond donors (Lipinski definition) is 1. The Balaban J connectivity index is 1.68. The van der Waals surface area contributed by atoms with Gasteiger partial charge in [0.05, 0.1) is 22.2 Å². The van der Waals surface area contributed by atoms with E-state index >= 15 is 0 Å². The van der Waals surface area contributed by atoms with Crippen LogP contribution >= 0.6 is 11.6 Å². The van der Waals surface area contributed by atoms with Gasteiger partial charge in [-0.25, -0.2) is 4.98 Å². The van der Waals surface area contributed by atoms with Gasteiger partial charge in [-0.2, -0.15) is 0 Å². The second kappa shape index (κ2) is 7.96. The number of halogens is 1. The number of non-ortho nitro benzene ring substituents is 1. The molecule has 3 rings (SSSR count). The van der Waals surface area contributed by atoms with Crippen LogP contribution in [0.3, 0.4) is 0 Å². The van der Waals surface area contributed by atoms with Crippen LogP contribution < -0.4 is 10.9 Å². The van der Waals surface area contributed by atoms with E-state index in [0.717, 1.165) is 5.56 Å². The Labute approximate surface area is 158 Å². The number of nitro benzene ring substituents is 1. The zero-order chi connectivity index (χ0) is 19.4. The smallest absolute Gasteiger partial charge is 0.270 e. The maximum Gasteiger partial charge on any atom is 0.270 e. The first kappa shape index (κ1) is 18.5. The highest BCUT2D eigenvalue weighted by atomic mass is 35.5. The lowest BCUT2D eigenvalue weighted by atomic mass is 10.2. The van der Waals surface area contributed by atoms with E-state index in [0.29, 0.717) is 10.5 Å². The largest absolute Gasteiger partial charge is 0.352 e. The number of nitro groups is 1. The maximum absolute atomic E-state index is 12.5. The maximum atomic E-state index is 12.5. The van der Waals surface area contributed by atoms with Crippen molar-refractivity contribution in [2.45, 2.75) is 19.5 Å². The molecule has 0 aliphatic heterocycles. The lowest BCUT2D eigenvalue weighted by molar-refractivity contribution is -0.384. The van der Waals surface area contributed by atoms with Crippen LogP contribution in [0.5, 0.6) is 0 Å². The first-order valence-corrected chi connectivity index (χ1v) is 8.47. The fourth-order valence-corrected chi connectivity index (χ4v) is 2.77. The zero-order valence-corrected chi connectivity index (χ0v) is 14.8. The van der Waals surface area contributed by atoms with Gasteiger partial charge in [0.2, 0.25) is 5.91 Å². The Morgan fingerprint density at radius 2 is 2.04 bits per heavy atom. The van der Waals surface area contributed by atoms with E-state index in [1.54, 1.807) is 12.1 Å². The third kappa shape index (κ3) is 4.29. The van der Waals surface area contributed by atoms with Gasteiger partial charge in [0.1, 0.15) is 0 Å². The number of amides is 1. The predicted molar refractivity (Wildman–Crippen MR) is 101 cm³/mol. The highest BCUT2D eigenvalue weighted by Gasteiger charge is 2.11. The quantitative estimate of drug-likeness (QED) is 0.517. The first-order valence-electron chi connectivity index (χ1n) is 8.09. The van der Waals surface area contributed by atoms with Crippen LogP contribution in [0.15, 0.2) is 53.6 Å². The normalized spacial score (nSPS) is 10.7. The Morgan fingerprint density at radius 3 is 2.78 bits per heavy atom. The molecule has 1 N–H and O–H groups in total. The standard InChI is InChI=1S/C18H15ClN4O4/c19-15-4-2-1-3-12(15)10-20-17(24)7-8-22-11-21-16-6-5-13(23(26)27)9-14(16)18(22)25/h1-6,9,11H,7-8,10H2,(H,20,24). The summed E-state index contributed by atoms with van der Waals surface area (Å²) in [5, 5.41) is 14.3. The van der Waals surface area contributed by atoms with Crippen LogP contribution in [0.1, 0.15) is 12.0 Å². The number of carbonyl (C=O) groups is 1. The molecule has 3 aromatic rings. The molecule has 0 unspecified atom stereocenters. The summed E-state index contributed by atoms with van der Waals surface area (Å²) in [5.74, 6) is -0.249. The Morgan fingerprint density at radius 1 is 1.26 bits per heavy atom. The summed E-state index contributed by atoms with van der Waals surface area (Å²) in [5.41, 5.74) is 0.550. The third-order valence-corrected chi connectivity index (χ3v) is 4.40. The molecule has 27 heavy (non-hydrogen) atoms. The Kier molecular flexibility index (Phi) is 5.46. The van der Waals surface area contributed by atoms with E-state index in [-0.39, 0.29) is 36.5 Å². The molecule has 0 radical (unpaired) electrons. The molecular weight excluding hydrogens is 372 g/mol.